The molecule has 2 rings (SSSR count). The molecule has 0 radical (unpaired) electrons. The van der Waals surface area contributed by atoms with Crippen molar-refractivity contribution < 1.29 is 28.9 Å². The van der Waals surface area contributed by atoms with Gasteiger partial charge < -0.3 is 24.6 Å². The highest BCUT2D eigenvalue weighted by molar-refractivity contribution is 5.94. The Morgan fingerprint density at radius 2 is 2.30 bits per heavy atom. The van der Waals surface area contributed by atoms with Crippen molar-refractivity contribution >= 4 is 17.6 Å². The monoisotopic (exact) mass is 323 g/mol. The topological polar surface area (TPSA) is 94.1 Å². The van der Waals surface area contributed by atoms with Gasteiger partial charge in [-0.3, -0.25) is 4.79 Å². The zero-order valence-corrected chi connectivity index (χ0v) is 13.0. The number of rotatable bonds is 8. The zero-order chi connectivity index (χ0) is 16.7. The highest BCUT2D eigenvalue weighted by Gasteiger charge is 2.20. The third-order valence-corrected chi connectivity index (χ3v) is 3.39. The summed E-state index contributed by atoms with van der Waals surface area (Å²) >= 11 is 0. The number of anilines is 1. The van der Waals surface area contributed by atoms with Gasteiger partial charge in [-0.15, -0.1) is 0 Å². The second kappa shape index (κ2) is 8.50. The third kappa shape index (κ3) is 5.88. The molecule has 7 heteroatoms. The van der Waals surface area contributed by atoms with Crippen LogP contribution in [0.25, 0.3) is 0 Å². The summed E-state index contributed by atoms with van der Waals surface area (Å²) in [6, 6.07) is 6.55. The average Bonchev–Trinajstić information content (AvgIpc) is 3.04. The van der Waals surface area contributed by atoms with E-state index in [4.69, 9.17) is 19.3 Å². The molecule has 126 valence electrons. The molecule has 1 fully saturated rings. The van der Waals surface area contributed by atoms with Crippen LogP contribution >= 0.6 is 0 Å². The minimum Gasteiger partial charge on any atom is -0.482 e. The van der Waals surface area contributed by atoms with Crippen LogP contribution in [0, 0.1) is 0 Å². The minimum atomic E-state index is -1.06. The number of ether oxygens (including phenoxy) is 3. The summed E-state index contributed by atoms with van der Waals surface area (Å²) in [5.74, 6) is -0.966. The Morgan fingerprint density at radius 3 is 3.00 bits per heavy atom. The first-order chi connectivity index (χ1) is 11.0. The number of carbonyl (C=O) groups is 2. The van der Waals surface area contributed by atoms with Crippen molar-refractivity contribution in [1.29, 1.82) is 0 Å². The highest BCUT2D eigenvalue weighted by Crippen LogP contribution is 2.18. The van der Waals surface area contributed by atoms with Crippen molar-refractivity contribution in [2.45, 2.75) is 32.0 Å². The summed E-state index contributed by atoms with van der Waals surface area (Å²) in [5.41, 5.74) is 0.519. The van der Waals surface area contributed by atoms with E-state index in [9.17, 15) is 9.59 Å². The summed E-state index contributed by atoms with van der Waals surface area (Å²) in [5, 5.41) is 11.3. The number of carboxylic acids is 1. The average molecular weight is 323 g/mol. The predicted octanol–water partition coefficient (Wildman–Crippen LogP) is 1.67. The van der Waals surface area contributed by atoms with E-state index in [1.807, 2.05) is 0 Å². The third-order valence-electron chi connectivity index (χ3n) is 3.39. The molecular formula is C16H21NO6. The van der Waals surface area contributed by atoms with Gasteiger partial charge in [0.2, 0.25) is 0 Å². The summed E-state index contributed by atoms with van der Waals surface area (Å²) in [7, 11) is 0. The SMILES string of the molecule is CC(OCC1CCCO1)C(=O)Nc1cccc(OCC(=O)O)c1. The van der Waals surface area contributed by atoms with Crippen molar-refractivity contribution in [3.8, 4) is 5.75 Å². The van der Waals surface area contributed by atoms with E-state index >= 15 is 0 Å². The lowest BCUT2D eigenvalue weighted by atomic mass is 10.2. The van der Waals surface area contributed by atoms with Crippen molar-refractivity contribution in [3.05, 3.63) is 24.3 Å². The van der Waals surface area contributed by atoms with E-state index < -0.39 is 18.7 Å². The van der Waals surface area contributed by atoms with Gasteiger partial charge in [0.15, 0.2) is 6.61 Å². The van der Waals surface area contributed by atoms with Crippen LogP contribution in [-0.4, -0.2) is 49.0 Å². The maximum absolute atomic E-state index is 12.1. The van der Waals surface area contributed by atoms with Crippen molar-refractivity contribution in [3.63, 3.8) is 0 Å². The number of amides is 1. The molecule has 0 bridgehead atoms. The first kappa shape index (κ1) is 17.2. The Hall–Kier alpha value is -2.12. The Bertz CT molecular complexity index is 541. The van der Waals surface area contributed by atoms with Crippen LogP contribution in [0.15, 0.2) is 24.3 Å². The number of aliphatic carboxylic acids is 1. The Labute approximate surface area is 134 Å². The lowest BCUT2D eigenvalue weighted by Crippen LogP contribution is -2.30. The first-order valence-corrected chi connectivity index (χ1v) is 7.53. The molecule has 0 saturated carbocycles. The second-order valence-corrected chi connectivity index (χ2v) is 5.31. The summed E-state index contributed by atoms with van der Waals surface area (Å²) in [6.07, 6.45) is 1.44. The van der Waals surface area contributed by atoms with Crippen molar-refractivity contribution in [2.75, 3.05) is 25.1 Å². The molecule has 0 aliphatic carbocycles. The largest absolute Gasteiger partial charge is 0.482 e. The number of carboxylic acid groups (broad SMARTS) is 1. The molecule has 1 aliphatic rings. The van der Waals surface area contributed by atoms with Crippen LogP contribution in [0.1, 0.15) is 19.8 Å². The maximum atomic E-state index is 12.1. The smallest absolute Gasteiger partial charge is 0.341 e. The van der Waals surface area contributed by atoms with Gasteiger partial charge in [0.1, 0.15) is 11.9 Å². The lowest BCUT2D eigenvalue weighted by molar-refractivity contribution is -0.139. The molecule has 23 heavy (non-hydrogen) atoms. The van der Waals surface area contributed by atoms with Gasteiger partial charge in [0, 0.05) is 18.4 Å². The van der Waals surface area contributed by atoms with E-state index in [1.54, 1.807) is 31.2 Å². The van der Waals surface area contributed by atoms with Crippen LogP contribution in [0.5, 0.6) is 5.75 Å². The van der Waals surface area contributed by atoms with Crippen LogP contribution in [0.3, 0.4) is 0 Å². The molecule has 1 saturated heterocycles. The molecule has 7 nitrogen and oxygen atoms in total. The van der Waals surface area contributed by atoms with E-state index in [0.29, 0.717) is 18.0 Å². The lowest BCUT2D eigenvalue weighted by Gasteiger charge is -2.16. The Morgan fingerprint density at radius 1 is 1.48 bits per heavy atom. The first-order valence-electron chi connectivity index (χ1n) is 7.53. The number of benzene rings is 1. The number of carbonyl (C=O) groups excluding carboxylic acids is 1. The predicted molar refractivity (Wildman–Crippen MR) is 82.6 cm³/mol. The summed E-state index contributed by atoms with van der Waals surface area (Å²) in [6.45, 7) is 2.39. The number of hydrogen-bond acceptors (Lipinski definition) is 5. The molecular weight excluding hydrogens is 302 g/mol. The molecule has 1 amide bonds. The summed E-state index contributed by atoms with van der Waals surface area (Å²) < 4.78 is 16.0. The molecule has 1 aromatic carbocycles. The quantitative estimate of drug-likeness (QED) is 0.756. The molecule has 0 spiro atoms. The van der Waals surface area contributed by atoms with Gasteiger partial charge in [-0.2, -0.15) is 0 Å². The van der Waals surface area contributed by atoms with Crippen LogP contribution in [0.2, 0.25) is 0 Å². The van der Waals surface area contributed by atoms with E-state index in [2.05, 4.69) is 5.32 Å². The standard InChI is InChI=1S/C16H21NO6/c1-11(22-9-14-6-3-7-21-14)16(20)17-12-4-2-5-13(8-12)23-10-15(18)19/h2,4-5,8,11,14H,3,6-7,9-10H2,1H3,(H,17,20)(H,18,19). The van der Waals surface area contributed by atoms with E-state index in [-0.39, 0.29) is 12.0 Å². The molecule has 0 aromatic heterocycles. The van der Waals surface area contributed by atoms with E-state index in [0.717, 1.165) is 19.4 Å². The van der Waals surface area contributed by atoms with E-state index in [1.165, 1.54) is 0 Å². The molecule has 2 unspecified atom stereocenters. The van der Waals surface area contributed by atoms with Gasteiger partial charge in [0.25, 0.3) is 5.91 Å². The van der Waals surface area contributed by atoms with Gasteiger partial charge in [-0.25, -0.2) is 4.79 Å². The molecule has 2 N–H and O–H groups in total. The number of nitrogens with one attached hydrogen (secondary N) is 1. The summed E-state index contributed by atoms with van der Waals surface area (Å²) in [4.78, 5) is 22.6. The van der Waals surface area contributed by atoms with Gasteiger partial charge in [0.05, 0.1) is 12.7 Å². The van der Waals surface area contributed by atoms with Gasteiger partial charge in [-0.1, -0.05) is 6.07 Å². The van der Waals surface area contributed by atoms with Crippen molar-refractivity contribution in [2.24, 2.45) is 0 Å². The minimum absolute atomic E-state index is 0.0676. The van der Waals surface area contributed by atoms with Gasteiger partial charge >= 0.3 is 5.97 Å². The molecule has 1 aromatic rings. The van der Waals surface area contributed by atoms with Gasteiger partial charge in [-0.05, 0) is 31.9 Å². The normalized spacial score (nSPS) is 18.4. The zero-order valence-electron chi connectivity index (χ0n) is 13.0. The molecule has 1 aliphatic heterocycles. The fraction of sp³-hybridized carbons (Fsp3) is 0.500. The fourth-order valence-electron chi connectivity index (χ4n) is 2.16. The molecule has 1 heterocycles. The van der Waals surface area contributed by atoms with Crippen LogP contribution in [0.4, 0.5) is 5.69 Å². The number of hydrogen-bond donors (Lipinski definition) is 2. The fourth-order valence-corrected chi connectivity index (χ4v) is 2.16. The van der Waals surface area contributed by atoms with Crippen LogP contribution in [-0.2, 0) is 19.1 Å². The second-order valence-electron chi connectivity index (χ2n) is 5.31. The highest BCUT2D eigenvalue weighted by atomic mass is 16.5. The van der Waals surface area contributed by atoms with Crippen molar-refractivity contribution in [1.82, 2.24) is 0 Å². The Balaban J connectivity index is 1.81. The Kier molecular flexibility index (Phi) is 6.37. The maximum Gasteiger partial charge on any atom is 0.341 e. The molecule has 2 atom stereocenters. The van der Waals surface area contributed by atoms with Crippen LogP contribution < -0.4 is 10.1 Å².